The van der Waals surface area contributed by atoms with Crippen molar-refractivity contribution in [3.05, 3.63) is 40.8 Å². The highest BCUT2D eigenvalue weighted by atomic mass is 79.9. The molecule has 1 unspecified atom stereocenters. The summed E-state index contributed by atoms with van der Waals surface area (Å²) in [5.41, 5.74) is 3.07. The van der Waals surface area contributed by atoms with Crippen molar-refractivity contribution in [3.63, 3.8) is 0 Å². The number of rotatable bonds is 6. The Hall–Kier alpha value is -0.870. The van der Waals surface area contributed by atoms with Crippen molar-refractivity contribution in [1.29, 1.82) is 0 Å². The molecule has 1 aromatic rings. The third kappa shape index (κ3) is 3.82. The maximum atomic E-state index is 4.11. The quantitative estimate of drug-likeness (QED) is 0.319. The zero-order valence-electron chi connectivity index (χ0n) is 10.2. The summed E-state index contributed by atoms with van der Waals surface area (Å²) in [6.45, 7) is 11.9. The van der Waals surface area contributed by atoms with E-state index in [0.29, 0.717) is 4.83 Å². The Morgan fingerprint density at radius 3 is 2.82 bits per heavy atom. The van der Waals surface area contributed by atoms with Crippen molar-refractivity contribution in [2.24, 2.45) is 5.10 Å². The summed E-state index contributed by atoms with van der Waals surface area (Å²) in [6.07, 6.45) is 3.07. The Morgan fingerprint density at radius 1 is 1.71 bits per heavy atom. The Kier molecular flexibility index (Phi) is 5.65. The maximum Gasteiger partial charge on any atom is 0.0759 e. The van der Waals surface area contributed by atoms with Crippen LogP contribution in [0.3, 0.4) is 0 Å². The fraction of sp³-hybridized carbons (Fsp3) is 0.308. The van der Waals surface area contributed by atoms with Gasteiger partial charge >= 0.3 is 0 Å². The number of thiophene rings is 1. The molecule has 1 atom stereocenters. The van der Waals surface area contributed by atoms with Crippen LogP contribution in [0.1, 0.15) is 20.3 Å². The van der Waals surface area contributed by atoms with Gasteiger partial charge < -0.3 is 0 Å². The Balaban J connectivity index is 2.97. The summed E-state index contributed by atoms with van der Waals surface area (Å²) in [4.78, 5) is 0.323. The van der Waals surface area contributed by atoms with Gasteiger partial charge in [-0.3, -0.25) is 0 Å². The fourth-order valence-corrected chi connectivity index (χ4v) is 2.47. The fourth-order valence-electron chi connectivity index (χ4n) is 1.53. The molecule has 0 saturated carbocycles. The first-order valence-electron chi connectivity index (χ1n) is 5.43. The van der Waals surface area contributed by atoms with Crippen LogP contribution in [0, 0.1) is 0 Å². The monoisotopic (exact) mass is 312 g/mol. The van der Waals surface area contributed by atoms with Gasteiger partial charge in [0, 0.05) is 16.9 Å². The number of hydrogen-bond donors (Lipinski definition) is 0. The number of anilines is 1. The highest BCUT2D eigenvalue weighted by molar-refractivity contribution is 9.09. The minimum Gasteiger partial charge on any atom is -0.234 e. The number of allylic oxidation sites excluding steroid dienone is 2. The summed E-state index contributed by atoms with van der Waals surface area (Å²) in [5, 5.41) is 9.87. The molecule has 1 rings (SSSR count). The minimum absolute atomic E-state index is 0.323. The molecule has 0 aliphatic rings. The standard InChI is InChI=1S/C13H17BrN2S/c1-5-12(8-10(2)14)11(3)16(15-4)13-6-7-17-9-13/h6-10H,3-5H2,1-2H3/b12-8+. The van der Waals surface area contributed by atoms with E-state index in [-0.39, 0.29) is 0 Å². The van der Waals surface area contributed by atoms with Crippen molar-refractivity contribution in [2.75, 3.05) is 5.01 Å². The van der Waals surface area contributed by atoms with Gasteiger partial charge in [0.25, 0.3) is 0 Å². The Bertz CT molecular complexity index is 407. The smallest absolute Gasteiger partial charge is 0.0759 e. The predicted molar refractivity (Wildman–Crippen MR) is 82.3 cm³/mol. The first kappa shape index (κ1) is 14.2. The van der Waals surface area contributed by atoms with E-state index >= 15 is 0 Å². The second kappa shape index (κ2) is 6.77. The van der Waals surface area contributed by atoms with Crippen molar-refractivity contribution in [1.82, 2.24) is 0 Å². The first-order valence-corrected chi connectivity index (χ1v) is 7.29. The van der Waals surface area contributed by atoms with Crippen LogP contribution in [-0.4, -0.2) is 11.5 Å². The summed E-state index contributed by atoms with van der Waals surface area (Å²) < 4.78 is 0. The first-order chi connectivity index (χ1) is 8.10. The lowest BCUT2D eigenvalue weighted by molar-refractivity contribution is 0.970. The second-order valence-electron chi connectivity index (χ2n) is 3.60. The third-order valence-electron chi connectivity index (χ3n) is 2.33. The molecule has 0 bridgehead atoms. The Labute approximate surface area is 115 Å². The summed E-state index contributed by atoms with van der Waals surface area (Å²) in [6, 6.07) is 2.01. The summed E-state index contributed by atoms with van der Waals surface area (Å²) >= 11 is 5.16. The van der Waals surface area contributed by atoms with Crippen LogP contribution in [0.2, 0.25) is 0 Å². The predicted octanol–water partition coefficient (Wildman–Crippen LogP) is 4.80. The summed E-state index contributed by atoms with van der Waals surface area (Å²) in [5.74, 6) is 0. The van der Waals surface area contributed by atoms with Gasteiger partial charge in [0.05, 0.1) is 11.4 Å². The molecule has 0 N–H and O–H groups in total. The van der Waals surface area contributed by atoms with Crippen LogP contribution in [0.25, 0.3) is 0 Å². The van der Waals surface area contributed by atoms with Gasteiger partial charge in [-0.2, -0.15) is 16.4 Å². The molecule has 4 heteroatoms. The van der Waals surface area contributed by atoms with E-state index in [9.17, 15) is 0 Å². The van der Waals surface area contributed by atoms with E-state index in [4.69, 9.17) is 0 Å². The van der Waals surface area contributed by atoms with Crippen LogP contribution in [0.5, 0.6) is 0 Å². The molecule has 0 aliphatic heterocycles. The van der Waals surface area contributed by atoms with Crippen LogP contribution in [-0.2, 0) is 0 Å². The van der Waals surface area contributed by atoms with Gasteiger partial charge in [-0.25, -0.2) is 5.01 Å². The van der Waals surface area contributed by atoms with E-state index in [2.05, 4.69) is 54.3 Å². The molecular formula is C13H17BrN2S. The molecule has 0 spiro atoms. The second-order valence-corrected chi connectivity index (χ2v) is 5.83. The van der Waals surface area contributed by atoms with Gasteiger partial charge in [-0.05, 0) is 30.4 Å². The average molecular weight is 313 g/mol. The Morgan fingerprint density at radius 2 is 2.41 bits per heavy atom. The summed E-state index contributed by atoms with van der Waals surface area (Å²) in [7, 11) is 0. The topological polar surface area (TPSA) is 15.6 Å². The normalized spacial score (nSPS) is 13.2. The molecule has 0 fully saturated rings. The number of alkyl halides is 1. The molecule has 1 heterocycles. The van der Waals surface area contributed by atoms with Crippen molar-refractivity contribution < 1.29 is 0 Å². The SMILES string of the molecule is C=NN(C(=C)/C(=C/C(C)Br)CC)c1ccsc1. The maximum absolute atomic E-state index is 4.11. The van der Waals surface area contributed by atoms with Crippen molar-refractivity contribution in [3.8, 4) is 0 Å². The van der Waals surface area contributed by atoms with E-state index in [1.807, 2.05) is 16.8 Å². The van der Waals surface area contributed by atoms with Gasteiger partial charge in [0.2, 0.25) is 0 Å². The van der Waals surface area contributed by atoms with Gasteiger partial charge in [0.15, 0.2) is 0 Å². The van der Waals surface area contributed by atoms with Gasteiger partial charge in [0.1, 0.15) is 0 Å². The lowest BCUT2D eigenvalue weighted by atomic mass is 10.1. The largest absolute Gasteiger partial charge is 0.234 e. The van der Waals surface area contributed by atoms with E-state index in [1.165, 1.54) is 5.57 Å². The molecule has 0 amide bonds. The van der Waals surface area contributed by atoms with E-state index < -0.39 is 0 Å². The molecule has 0 aromatic carbocycles. The zero-order valence-corrected chi connectivity index (χ0v) is 12.6. The molecule has 0 aliphatic carbocycles. The van der Waals surface area contributed by atoms with Crippen molar-refractivity contribution in [2.45, 2.75) is 25.1 Å². The molecule has 92 valence electrons. The van der Waals surface area contributed by atoms with Crippen molar-refractivity contribution >= 4 is 39.7 Å². The highest BCUT2D eigenvalue weighted by Gasteiger charge is 2.12. The lowest BCUT2D eigenvalue weighted by Gasteiger charge is -2.21. The molecule has 2 nitrogen and oxygen atoms in total. The minimum atomic E-state index is 0.323. The highest BCUT2D eigenvalue weighted by Crippen LogP contribution is 2.27. The van der Waals surface area contributed by atoms with Crippen LogP contribution in [0.15, 0.2) is 45.9 Å². The van der Waals surface area contributed by atoms with E-state index in [1.54, 1.807) is 16.3 Å². The number of hydrogen-bond acceptors (Lipinski definition) is 3. The van der Waals surface area contributed by atoms with Crippen LogP contribution >= 0.6 is 27.3 Å². The average Bonchev–Trinajstić information content (AvgIpc) is 2.80. The molecule has 0 saturated heterocycles. The lowest BCUT2D eigenvalue weighted by Crippen LogP contribution is -2.15. The van der Waals surface area contributed by atoms with Crippen LogP contribution in [0.4, 0.5) is 5.69 Å². The number of nitrogens with zero attached hydrogens (tertiary/aromatic N) is 2. The zero-order chi connectivity index (χ0) is 12.8. The molecule has 17 heavy (non-hydrogen) atoms. The number of halogens is 1. The molecular weight excluding hydrogens is 296 g/mol. The third-order valence-corrected chi connectivity index (χ3v) is 3.27. The van der Waals surface area contributed by atoms with Crippen LogP contribution < -0.4 is 5.01 Å². The van der Waals surface area contributed by atoms with E-state index in [0.717, 1.165) is 17.8 Å². The molecule has 0 radical (unpaired) electrons. The molecule has 1 aromatic heterocycles. The van der Waals surface area contributed by atoms with Gasteiger partial charge in [-0.1, -0.05) is 35.5 Å². The van der Waals surface area contributed by atoms with Gasteiger partial charge in [-0.15, -0.1) is 0 Å². The number of hydrazone groups is 1.